The molecule has 0 radical (unpaired) electrons. The summed E-state index contributed by atoms with van der Waals surface area (Å²) >= 11 is 0. The highest BCUT2D eigenvalue weighted by atomic mass is 32.2. The number of carbonyl (C=O) groups is 2. The molecule has 1 aromatic heterocycles. The predicted molar refractivity (Wildman–Crippen MR) is 82.8 cm³/mol. The van der Waals surface area contributed by atoms with Crippen LogP contribution >= 0.6 is 0 Å². The molecular weight excluding hydrogens is 322 g/mol. The third kappa shape index (κ3) is 4.68. The van der Waals surface area contributed by atoms with E-state index in [1.165, 1.54) is 49.6 Å². The molecule has 0 fully saturated rings. The van der Waals surface area contributed by atoms with Gasteiger partial charge in [0, 0.05) is 11.3 Å². The zero-order chi connectivity index (χ0) is 17.0. The van der Waals surface area contributed by atoms with Crippen molar-refractivity contribution in [2.24, 2.45) is 0 Å². The molecule has 0 aliphatic carbocycles. The lowest BCUT2D eigenvalue weighted by molar-refractivity contribution is 0.0289. The molecule has 0 bridgehead atoms. The molecule has 0 amide bonds. The van der Waals surface area contributed by atoms with Gasteiger partial charge in [-0.3, -0.25) is 9.52 Å². The van der Waals surface area contributed by atoms with Crippen LogP contribution in [0, 0.1) is 0 Å². The summed E-state index contributed by atoms with van der Waals surface area (Å²) in [6.45, 7) is 1.45. The van der Waals surface area contributed by atoms with Crippen molar-refractivity contribution in [1.29, 1.82) is 0 Å². The van der Waals surface area contributed by atoms with Crippen LogP contribution in [0.5, 0.6) is 0 Å². The van der Waals surface area contributed by atoms with Gasteiger partial charge in [0.2, 0.25) is 21.6 Å². The summed E-state index contributed by atoms with van der Waals surface area (Å²) in [7, 11) is -3.38. The quantitative estimate of drug-likeness (QED) is 0.639. The Bertz CT molecular complexity index is 793. The number of carbonyl (C=O) groups excluding carboxylic acids is 2. The molecule has 0 aliphatic rings. The summed E-state index contributed by atoms with van der Waals surface area (Å²) in [5, 5.41) is 0. The monoisotopic (exact) mass is 337 g/mol. The lowest BCUT2D eigenvalue weighted by atomic mass is 10.1. The van der Waals surface area contributed by atoms with E-state index in [-0.39, 0.29) is 5.76 Å². The van der Waals surface area contributed by atoms with Crippen molar-refractivity contribution in [3.8, 4) is 0 Å². The van der Waals surface area contributed by atoms with Crippen LogP contribution < -0.4 is 4.72 Å². The fraction of sp³-hybridized carbons (Fsp3) is 0.200. The minimum atomic E-state index is -3.38. The molecule has 0 saturated carbocycles. The van der Waals surface area contributed by atoms with Gasteiger partial charge in [-0.1, -0.05) is 0 Å². The Morgan fingerprint density at radius 3 is 2.35 bits per heavy atom. The zero-order valence-electron chi connectivity index (χ0n) is 12.5. The molecule has 0 aliphatic heterocycles. The molecule has 1 N–H and O–H groups in total. The molecule has 1 heterocycles. The molecule has 0 saturated heterocycles. The molecule has 7 nitrogen and oxygen atoms in total. The standard InChI is InChI=1S/C15H15NO6S/c1-10(22-15(18)13-4-3-9-21-13)14(17)11-5-7-12(8-6-11)16-23(2,19)20/h3-10,16H,1-2H3. The molecule has 2 rings (SSSR count). The summed E-state index contributed by atoms with van der Waals surface area (Å²) in [6, 6.07) is 8.78. The van der Waals surface area contributed by atoms with E-state index in [0.29, 0.717) is 11.3 Å². The number of anilines is 1. The Hall–Kier alpha value is -2.61. The van der Waals surface area contributed by atoms with Gasteiger partial charge in [-0.2, -0.15) is 0 Å². The number of hydrogen-bond donors (Lipinski definition) is 1. The predicted octanol–water partition coefficient (Wildman–Crippen LogP) is 2.08. The van der Waals surface area contributed by atoms with E-state index >= 15 is 0 Å². The van der Waals surface area contributed by atoms with Crippen LogP contribution in [0.1, 0.15) is 27.8 Å². The van der Waals surface area contributed by atoms with Crippen LogP contribution in [-0.4, -0.2) is 32.5 Å². The topological polar surface area (TPSA) is 103 Å². The van der Waals surface area contributed by atoms with E-state index in [2.05, 4.69) is 4.72 Å². The smallest absolute Gasteiger partial charge is 0.374 e. The largest absolute Gasteiger partial charge is 0.457 e. The highest BCUT2D eigenvalue weighted by Gasteiger charge is 2.21. The van der Waals surface area contributed by atoms with Crippen molar-refractivity contribution < 1.29 is 27.2 Å². The zero-order valence-corrected chi connectivity index (χ0v) is 13.3. The normalized spacial score (nSPS) is 12.4. The Labute approximate surface area is 133 Å². The minimum absolute atomic E-state index is 0.0114. The van der Waals surface area contributed by atoms with E-state index in [4.69, 9.17) is 9.15 Å². The fourth-order valence-corrected chi connectivity index (χ4v) is 2.38. The van der Waals surface area contributed by atoms with Crippen molar-refractivity contribution >= 4 is 27.5 Å². The number of sulfonamides is 1. The molecule has 0 spiro atoms. The highest BCUT2D eigenvalue weighted by Crippen LogP contribution is 2.14. The molecule has 23 heavy (non-hydrogen) atoms. The second kappa shape index (κ2) is 6.66. The first kappa shape index (κ1) is 16.8. The average Bonchev–Trinajstić information content (AvgIpc) is 3.00. The van der Waals surface area contributed by atoms with Crippen LogP contribution in [0.15, 0.2) is 47.1 Å². The first-order valence-electron chi connectivity index (χ1n) is 6.63. The third-order valence-corrected chi connectivity index (χ3v) is 3.45. The first-order valence-corrected chi connectivity index (χ1v) is 8.52. The Morgan fingerprint density at radius 2 is 1.83 bits per heavy atom. The van der Waals surface area contributed by atoms with Gasteiger partial charge in [-0.15, -0.1) is 0 Å². The van der Waals surface area contributed by atoms with Gasteiger partial charge in [-0.25, -0.2) is 13.2 Å². The molecule has 2 aromatic rings. The SMILES string of the molecule is CC(OC(=O)c1ccco1)C(=O)c1ccc(NS(C)(=O)=O)cc1. The van der Waals surface area contributed by atoms with Crippen LogP contribution in [0.4, 0.5) is 5.69 Å². The Morgan fingerprint density at radius 1 is 1.17 bits per heavy atom. The maximum Gasteiger partial charge on any atom is 0.374 e. The number of hydrogen-bond acceptors (Lipinski definition) is 6. The molecule has 1 aromatic carbocycles. The van der Waals surface area contributed by atoms with E-state index in [0.717, 1.165) is 6.26 Å². The maximum atomic E-state index is 12.2. The van der Waals surface area contributed by atoms with Gasteiger partial charge in [0.15, 0.2) is 6.10 Å². The number of benzene rings is 1. The van der Waals surface area contributed by atoms with Crippen molar-refractivity contribution in [3.63, 3.8) is 0 Å². The number of nitrogens with one attached hydrogen (secondary N) is 1. The molecular formula is C15H15NO6S. The first-order chi connectivity index (χ1) is 10.8. The second-order valence-corrected chi connectivity index (χ2v) is 6.59. The fourth-order valence-electron chi connectivity index (χ4n) is 1.82. The van der Waals surface area contributed by atoms with E-state index < -0.39 is 27.9 Å². The molecule has 8 heteroatoms. The minimum Gasteiger partial charge on any atom is -0.457 e. The average molecular weight is 337 g/mol. The number of furan rings is 1. The summed E-state index contributed by atoms with van der Waals surface area (Å²) in [5.41, 5.74) is 0.632. The molecule has 1 unspecified atom stereocenters. The summed E-state index contributed by atoms with van der Waals surface area (Å²) in [5.74, 6) is -1.13. The van der Waals surface area contributed by atoms with Crippen LogP contribution in [0.3, 0.4) is 0 Å². The van der Waals surface area contributed by atoms with Crippen molar-refractivity contribution in [1.82, 2.24) is 0 Å². The van der Waals surface area contributed by atoms with Gasteiger partial charge in [0.05, 0.1) is 12.5 Å². The summed E-state index contributed by atoms with van der Waals surface area (Å²) in [4.78, 5) is 23.9. The Kier molecular flexibility index (Phi) is 4.85. The highest BCUT2D eigenvalue weighted by molar-refractivity contribution is 7.92. The molecule has 1 atom stereocenters. The van der Waals surface area contributed by atoms with Gasteiger partial charge >= 0.3 is 5.97 Å². The second-order valence-electron chi connectivity index (χ2n) is 4.84. The number of esters is 1. The number of rotatable bonds is 6. The van der Waals surface area contributed by atoms with E-state index in [1.807, 2.05) is 0 Å². The molecule has 122 valence electrons. The van der Waals surface area contributed by atoms with Crippen molar-refractivity contribution in [3.05, 3.63) is 54.0 Å². The van der Waals surface area contributed by atoms with Crippen molar-refractivity contribution in [2.75, 3.05) is 11.0 Å². The van der Waals surface area contributed by atoms with Crippen LogP contribution in [-0.2, 0) is 14.8 Å². The lowest BCUT2D eigenvalue weighted by Crippen LogP contribution is -2.24. The van der Waals surface area contributed by atoms with Crippen molar-refractivity contribution in [2.45, 2.75) is 13.0 Å². The van der Waals surface area contributed by atoms with Gasteiger partial charge in [-0.05, 0) is 43.3 Å². The van der Waals surface area contributed by atoms with E-state index in [1.54, 1.807) is 0 Å². The lowest BCUT2D eigenvalue weighted by Gasteiger charge is -2.12. The van der Waals surface area contributed by atoms with Crippen LogP contribution in [0.2, 0.25) is 0 Å². The number of ketones is 1. The van der Waals surface area contributed by atoms with E-state index in [9.17, 15) is 18.0 Å². The Balaban J connectivity index is 2.03. The third-order valence-electron chi connectivity index (χ3n) is 2.85. The number of Topliss-reactive ketones (excluding diaryl/α,β-unsaturated/α-hetero) is 1. The summed E-state index contributed by atoms with van der Waals surface area (Å²) < 4.78 is 34.4. The van der Waals surface area contributed by atoms with Gasteiger partial charge < -0.3 is 9.15 Å². The van der Waals surface area contributed by atoms with Gasteiger partial charge in [0.1, 0.15) is 0 Å². The summed E-state index contributed by atoms with van der Waals surface area (Å²) in [6.07, 6.45) is 1.36. The maximum absolute atomic E-state index is 12.2. The van der Waals surface area contributed by atoms with Crippen LogP contribution in [0.25, 0.3) is 0 Å². The number of ether oxygens (including phenoxy) is 1. The van der Waals surface area contributed by atoms with Gasteiger partial charge in [0.25, 0.3) is 0 Å².